The van der Waals surface area contributed by atoms with Crippen molar-refractivity contribution in [2.24, 2.45) is 0 Å². The maximum atomic E-state index is 12.6. The summed E-state index contributed by atoms with van der Waals surface area (Å²) in [7, 11) is 0. The van der Waals surface area contributed by atoms with Crippen molar-refractivity contribution >= 4 is 0 Å². The third-order valence-electron chi connectivity index (χ3n) is 3.15. The number of rotatable bonds is 2. The van der Waals surface area contributed by atoms with Crippen molar-refractivity contribution in [1.82, 2.24) is 20.2 Å². The van der Waals surface area contributed by atoms with Gasteiger partial charge >= 0.3 is 6.18 Å². The predicted octanol–water partition coefficient (Wildman–Crippen LogP) is 0.755. The third kappa shape index (κ3) is 3.32. The van der Waals surface area contributed by atoms with Gasteiger partial charge in [0.15, 0.2) is 5.69 Å². The molecule has 1 fully saturated rings. The first-order valence-electron chi connectivity index (χ1n) is 6.01. The van der Waals surface area contributed by atoms with Crippen LogP contribution in [0.1, 0.15) is 24.5 Å². The number of halogens is 3. The molecule has 1 aromatic rings. The van der Waals surface area contributed by atoms with Crippen LogP contribution in [0.5, 0.6) is 0 Å². The molecular weight excluding hydrogens is 261 g/mol. The van der Waals surface area contributed by atoms with Crippen molar-refractivity contribution in [2.45, 2.75) is 19.1 Å². The van der Waals surface area contributed by atoms with Gasteiger partial charge in [-0.3, -0.25) is 9.69 Å². The van der Waals surface area contributed by atoms with Crippen LogP contribution in [0.25, 0.3) is 0 Å². The van der Waals surface area contributed by atoms with Crippen LogP contribution in [0.2, 0.25) is 0 Å². The molecule has 1 saturated heterocycles. The van der Waals surface area contributed by atoms with E-state index in [0.717, 1.165) is 13.1 Å². The van der Waals surface area contributed by atoms with Gasteiger partial charge in [-0.1, -0.05) is 0 Å². The van der Waals surface area contributed by atoms with Gasteiger partial charge in [0, 0.05) is 32.2 Å². The summed E-state index contributed by atoms with van der Waals surface area (Å²) in [6.45, 7) is 4.70. The molecule has 1 aromatic heterocycles. The zero-order chi connectivity index (χ0) is 14.0. The Morgan fingerprint density at radius 3 is 2.58 bits per heavy atom. The first-order valence-corrected chi connectivity index (χ1v) is 6.01. The number of alkyl halides is 3. The number of hydrogen-bond acceptors (Lipinski definition) is 4. The molecule has 0 spiro atoms. The van der Waals surface area contributed by atoms with E-state index in [9.17, 15) is 18.0 Å². The first kappa shape index (κ1) is 14.0. The summed E-state index contributed by atoms with van der Waals surface area (Å²) in [6, 6.07) is 0.130. The van der Waals surface area contributed by atoms with E-state index in [1.54, 1.807) is 6.92 Å². The normalized spacial score (nSPS) is 19.4. The molecule has 1 atom stereocenters. The number of H-pyrrole nitrogens is 1. The third-order valence-corrected chi connectivity index (χ3v) is 3.15. The summed E-state index contributed by atoms with van der Waals surface area (Å²) in [5, 5.41) is 3.15. The molecular formula is C11H15F3N4O. The number of aromatic nitrogens is 2. The zero-order valence-corrected chi connectivity index (χ0v) is 10.4. The van der Waals surface area contributed by atoms with Gasteiger partial charge in [-0.15, -0.1) is 0 Å². The number of nitrogens with one attached hydrogen (secondary N) is 2. The van der Waals surface area contributed by atoms with E-state index in [0.29, 0.717) is 19.2 Å². The molecule has 106 valence electrons. The second-order valence-corrected chi connectivity index (χ2v) is 4.48. The van der Waals surface area contributed by atoms with Crippen LogP contribution in [-0.4, -0.2) is 41.0 Å². The molecule has 0 amide bonds. The lowest BCUT2D eigenvalue weighted by Gasteiger charge is -2.32. The second kappa shape index (κ2) is 5.30. The van der Waals surface area contributed by atoms with Gasteiger partial charge in [0.05, 0.1) is 6.04 Å². The lowest BCUT2D eigenvalue weighted by atomic mass is 10.2. The van der Waals surface area contributed by atoms with Crippen LogP contribution in [0, 0.1) is 0 Å². The van der Waals surface area contributed by atoms with Crippen molar-refractivity contribution in [3.8, 4) is 0 Å². The number of nitrogens with zero attached hydrogens (tertiary/aromatic N) is 2. The SMILES string of the molecule is CC(c1nc(C(F)(F)F)cc(=O)[nH]1)N1CCNCC1. The van der Waals surface area contributed by atoms with Crippen molar-refractivity contribution < 1.29 is 13.2 Å². The molecule has 2 rings (SSSR count). The van der Waals surface area contributed by atoms with E-state index in [1.807, 2.05) is 4.90 Å². The molecule has 0 aromatic carbocycles. The molecule has 1 aliphatic heterocycles. The van der Waals surface area contributed by atoms with E-state index in [1.165, 1.54) is 0 Å². The van der Waals surface area contributed by atoms with E-state index in [4.69, 9.17) is 0 Å². The Morgan fingerprint density at radius 1 is 1.37 bits per heavy atom. The van der Waals surface area contributed by atoms with Crippen LogP contribution >= 0.6 is 0 Å². The standard InChI is InChI=1S/C11H15F3N4O/c1-7(18-4-2-15-3-5-18)10-16-8(11(12,13)14)6-9(19)17-10/h6-7,15H,2-5H2,1H3,(H,16,17,19). The Hall–Kier alpha value is -1.41. The Kier molecular flexibility index (Phi) is 3.91. The highest BCUT2D eigenvalue weighted by Gasteiger charge is 2.34. The minimum absolute atomic E-state index is 0.0572. The van der Waals surface area contributed by atoms with Crippen LogP contribution in [0.4, 0.5) is 13.2 Å². The Bertz CT molecular complexity index is 493. The molecule has 19 heavy (non-hydrogen) atoms. The molecule has 2 N–H and O–H groups in total. The highest BCUT2D eigenvalue weighted by atomic mass is 19.4. The van der Waals surface area contributed by atoms with Crippen LogP contribution < -0.4 is 10.9 Å². The highest BCUT2D eigenvalue weighted by Crippen LogP contribution is 2.27. The van der Waals surface area contributed by atoms with E-state index < -0.39 is 17.4 Å². The smallest absolute Gasteiger partial charge is 0.314 e. The Balaban J connectivity index is 2.28. The molecule has 1 aliphatic rings. The van der Waals surface area contributed by atoms with Crippen LogP contribution in [0.3, 0.4) is 0 Å². The van der Waals surface area contributed by atoms with Gasteiger partial charge in [-0.2, -0.15) is 13.2 Å². The first-order chi connectivity index (χ1) is 8.88. The fourth-order valence-corrected chi connectivity index (χ4v) is 2.06. The Morgan fingerprint density at radius 2 is 2.00 bits per heavy atom. The highest BCUT2D eigenvalue weighted by molar-refractivity contribution is 5.08. The van der Waals surface area contributed by atoms with E-state index in [2.05, 4.69) is 15.3 Å². The molecule has 0 bridgehead atoms. The summed E-state index contributed by atoms with van der Waals surface area (Å²) >= 11 is 0. The maximum Gasteiger partial charge on any atom is 0.433 e. The minimum Gasteiger partial charge on any atom is -0.314 e. The molecule has 0 saturated carbocycles. The average Bonchev–Trinajstić information content (AvgIpc) is 2.37. The van der Waals surface area contributed by atoms with Crippen molar-refractivity contribution in [3.05, 3.63) is 27.9 Å². The monoisotopic (exact) mass is 276 g/mol. The zero-order valence-electron chi connectivity index (χ0n) is 10.4. The summed E-state index contributed by atoms with van der Waals surface area (Å²) < 4.78 is 37.8. The minimum atomic E-state index is -4.60. The van der Waals surface area contributed by atoms with Gasteiger partial charge < -0.3 is 10.3 Å². The summed E-state index contributed by atoms with van der Waals surface area (Å²) in [5.41, 5.74) is -1.92. The number of hydrogen-bond donors (Lipinski definition) is 2. The molecule has 0 aliphatic carbocycles. The van der Waals surface area contributed by atoms with Crippen molar-refractivity contribution in [2.75, 3.05) is 26.2 Å². The molecule has 1 unspecified atom stereocenters. The topological polar surface area (TPSA) is 61.0 Å². The van der Waals surface area contributed by atoms with Gasteiger partial charge in [0.25, 0.3) is 5.56 Å². The quantitative estimate of drug-likeness (QED) is 0.837. The largest absolute Gasteiger partial charge is 0.433 e. The van der Waals surface area contributed by atoms with Crippen LogP contribution in [-0.2, 0) is 6.18 Å². The van der Waals surface area contributed by atoms with Crippen molar-refractivity contribution in [3.63, 3.8) is 0 Å². The van der Waals surface area contributed by atoms with Gasteiger partial charge in [-0.25, -0.2) is 4.98 Å². The number of piperazine rings is 1. The summed E-state index contributed by atoms with van der Waals surface area (Å²) in [4.78, 5) is 19.2. The van der Waals surface area contributed by atoms with Gasteiger partial charge in [0.2, 0.25) is 0 Å². The van der Waals surface area contributed by atoms with Crippen LogP contribution in [0.15, 0.2) is 10.9 Å². The Labute approximate surface area is 107 Å². The maximum absolute atomic E-state index is 12.6. The fourth-order valence-electron chi connectivity index (χ4n) is 2.06. The predicted molar refractivity (Wildman–Crippen MR) is 62.7 cm³/mol. The fraction of sp³-hybridized carbons (Fsp3) is 0.636. The van der Waals surface area contributed by atoms with Gasteiger partial charge in [-0.05, 0) is 6.92 Å². The summed E-state index contributed by atoms with van der Waals surface area (Å²) in [5.74, 6) is 0.0572. The number of aromatic amines is 1. The average molecular weight is 276 g/mol. The summed E-state index contributed by atoms with van der Waals surface area (Å²) in [6.07, 6.45) is -4.60. The van der Waals surface area contributed by atoms with E-state index >= 15 is 0 Å². The van der Waals surface area contributed by atoms with Crippen molar-refractivity contribution in [1.29, 1.82) is 0 Å². The molecule has 5 nitrogen and oxygen atoms in total. The molecule has 0 radical (unpaired) electrons. The lowest BCUT2D eigenvalue weighted by molar-refractivity contribution is -0.141. The lowest BCUT2D eigenvalue weighted by Crippen LogP contribution is -2.45. The molecule has 2 heterocycles. The molecule has 8 heteroatoms. The van der Waals surface area contributed by atoms with E-state index in [-0.39, 0.29) is 11.9 Å². The second-order valence-electron chi connectivity index (χ2n) is 4.48. The van der Waals surface area contributed by atoms with Gasteiger partial charge in [0.1, 0.15) is 5.82 Å².